The van der Waals surface area contributed by atoms with Crippen molar-refractivity contribution < 1.29 is 23.5 Å². The number of rotatable bonds is 5. The molecule has 2 aliphatic rings. The van der Waals surface area contributed by atoms with Crippen LogP contribution in [0.5, 0.6) is 5.75 Å². The van der Waals surface area contributed by atoms with Crippen molar-refractivity contribution in [1.29, 1.82) is 0 Å². The Morgan fingerprint density at radius 2 is 1.80 bits per heavy atom. The van der Waals surface area contributed by atoms with Crippen molar-refractivity contribution in [1.82, 2.24) is 4.90 Å². The van der Waals surface area contributed by atoms with Crippen LogP contribution in [0.15, 0.2) is 27.4 Å². The van der Waals surface area contributed by atoms with Gasteiger partial charge in [-0.3, -0.25) is 4.79 Å². The third-order valence-corrected chi connectivity index (χ3v) is 5.88. The second-order valence-corrected chi connectivity index (χ2v) is 8.02. The van der Waals surface area contributed by atoms with Crippen molar-refractivity contribution in [3.05, 3.63) is 39.7 Å². The zero-order valence-electron chi connectivity index (χ0n) is 17.3. The number of benzene rings is 1. The number of hydrogen-bond acceptors (Lipinski definition) is 6. The van der Waals surface area contributed by atoms with Crippen molar-refractivity contribution in [2.75, 3.05) is 19.7 Å². The number of aryl methyl sites for hydroxylation is 1. The van der Waals surface area contributed by atoms with Crippen LogP contribution in [0.4, 0.5) is 0 Å². The summed E-state index contributed by atoms with van der Waals surface area (Å²) < 4.78 is 16.2. The first-order valence-corrected chi connectivity index (χ1v) is 10.7. The maximum absolute atomic E-state index is 12.5. The minimum absolute atomic E-state index is 0.161. The van der Waals surface area contributed by atoms with Crippen LogP contribution < -0.4 is 10.4 Å². The monoisotopic (exact) mass is 413 g/mol. The minimum atomic E-state index is -0.837. The molecule has 1 aliphatic carbocycles. The first kappa shape index (κ1) is 20.4. The average molecular weight is 413 g/mol. The van der Waals surface area contributed by atoms with Gasteiger partial charge >= 0.3 is 11.6 Å². The van der Waals surface area contributed by atoms with E-state index in [2.05, 4.69) is 0 Å². The van der Waals surface area contributed by atoms with Crippen molar-refractivity contribution in [2.45, 2.75) is 58.0 Å². The number of likely N-dealkylation sites (tertiary alicyclic amines) is 1. The maximum atomic E-state index is 12.5. The van der Waals surface area contributed by atoms with Gasteiger partial charge in [0.1, 0.15) is 11.3 Å². The highest BCUT2D eigenvalue weighted by atomic mass is 16.6. The van der Waals surface area contributed by atoms with E-state index in [9.17, 15) is 14.4 Å². The number of carbonyl (C=O) groups is 2. The summed E-state index contributed by atoms with van der Waals surface area (Å²) in [6, 6.07) is 5.23. The van der Waals surface area contributed by atoms with Crippen molar-refractivity contribution in [3.8, 4) is 5.75 Å². The summed E-state index contributed by atoms with van der Waals surface area (Å²) in [5.74, 6) is -0.361. The van der Waals surface area contributed by atoms with Crippen LogP contribution in [0.3, 0.4) is 0 Å². The van der Waals surface area contributed by atoms with Gasteiger partial charge in [0.05, 0.1) is 0 Å². The second kappa shape index (κ2) is 8.90. The molecule has 1 aliphatic heterocycles. The molecule has 7 nitrogen and oxygen atoms in total. The number of fused-ring (bicyclic) bond motifs is 3. The second-order valence-electron chi connectivity index (χ2n) is 8.02. The maximum Gasteiger partial charge on any atom is 0.344 e. The van der Waals surface area contributed by atoms with Crippen molar-refractivity contribution in [2.24, 2.45) is 0 Å². The average Bonchev–Trinajstić information content (AvgIpc) is 3.08. The van der Waals surface area contributed by atoms with Crippen LogP contribution in [-0.4, -0.2) is 42.6 Å². The fourth-order valence-electron chi connectivity index (χ4n) is 4.33. The smallest absolute Gasteiger partial charge is 0.344 e. The third kappa shape index (κ3) is 4.35. The fourth-order valence-corrected chi connectivity index (χ4v) is 4.33. The molecular weight excluding hydrogens is 386 g/mol. The molecule has 1 atom stereocenters. The zero-order valence-corrected chi connectivity index (χ0v) is 17.3. The van der Waals surface area contributed by atoms with Gasteiger partial charge in [-0.2, -0.15) is 0 Å². The van der Waals surface area contributed by atoms with Crippen molar-refractivity contribution in [3.63, 3.8) is 0 Å². The van der Waals surface area contributed by atoms with Crippen LogP contribution in [0.25, 0.3) is 11.0 Å². The molecule has 1 aromatic carbocycles. The summed E-state index contributed by atoms with van der Waals surface area (Å²) in [6.07, 6.45) is 5.96. The van der Waals surface area contributed by atoms with E-state index in [1.54, 1.807) is 24.0 Å². The Bertz CT molecular complexity index is 1000. The predicted molar refractivity (Wildman–Crippen MR) is 111 cm³/mol. The van der Waals surface area contributed by atoms with Gasteiger partial charge in [0.2, 0.25) is 0 Å². The van der Waals surface area contributed by atoms with Gasteiger partial charge in [-0.25, -0.2) is 9.59 Å². The van der Waals surface area contributed by atoms with E-state index in [1.807, 2.05) is 6.07 Å². The molecule has 0 saturated carbocycles. The van der Waals surface area contributed by atoms with E-state index in [0.29, 0.717) is 24.4 Å². The van der Waals surface area contributed by atoms with Gasteiger partial charge in [-0.15, -0.1) is 0 Å². The quantitative estimate of drug-likeness (QED) is 0.553. The Morgan fingerprint density at radius 3 is 2.57 bits per heavy atom. The Morgan fingerprint density at radius 1 is 1.07 bits per heavy atom. The SMILES string of the molecule is C[C@@H](OC(=O)COc1ccc2c3c(c(=O)oc2c1)CCC3)C(=O)N1CCCCCC1. The van der Waals surface area contributed by atoms with E-state index < -0.39 is 12.1 Å². The molecule has 30 heavy (non-hydrogen) atoms. The van der Waals surface area contributed by atoms with Gasteiger partial charge in [0.25, 0.3) is 5.91 Å². The summed E-state index contributed by atoms with van der Waals surface area (Å²) in [7, 11) is 0. The van der Waals surface area contributed by atoms with E-state index in [0.717, 1.165) is 61.5 Å². The number of hydrogen-bond donors (Lipinski definition) is 0. The predicted octanol–water partition coefficient (Wildman–Crippen LogP) is 2.99. The van der Waals surface area contributed by atoms with Crippen LogP contribution in [0.2, 0.25) is 0 Å². The molecule has 7 heteroatoms. The van der Waals surface area contributed by atoms with Gasteiger partial charge in [0.15, 0.2) is 12.7 Å². The molecule has 1 amide bonds. The van der Waals surface area contributed by atoms with Gasteiger partial charge in [-0.1, -0.05) is 12.8 Å². The Balaban J connectivity index is 1.35. The fraction of sp³-hybridized carbons (Fsp3) is 0.522. The molecule has 0 N–H and O–H groups in total. The van der Waals surface area contributed by atoms with Crippen LogP contribution in [0, 0.1) is 0 Å². The lowest BCUT2D eigenvalue weighted by atomic mass is 10.1. The van der Waals surface area contributed by atoms with E-state index in [-0.39, 0.29) is 18.1 Å². The molecule has 1 saturated heterocycles. The summed E-state index contributed by atoms with van der Waals surface area (Å²) >= 11 is 0. The normalized spacial score (nSPS) is 17.3. The van der Waals surface area contributed by atoms with Crippen LogP contribution in [-0.2, 0) is 27.2 Å². The van der Waals surface area contributed by atoms with Crippen molar-refractivity contribution >= 4 is 22.8 Å². The summed E-state index contributed by atoms with van der Waals surface area (Å²) in [6.45, 7) is 2.70. The molecule has 0 spiro atoms. The van der Waals surface area contributed by atoms with Crippen LogP contribution in [0.1, 0.15) is 50.2 Å². The molecule has 1 aromatic heterocycles. The largest absolute Gasteiger partial charge is 0.482 e. The lowest BCUT2D eigenvalue weighted by Crippen LogP contribution is -2.41. The molecule has 2 aromatic rings. The third-order valence-electron chi connectivity index (χ3n) is 5.88. The Hall–Kier alpha value is -2.83. The molecule has 160 valence electrons. The number of amides is 1. The number of ether oxygens (including phenoxy) is 2. The van der Waals surface area contributed by atoms with E-state index in [4.69, 9.17) is 13.9 Å². The molecule has 2 heterocycles. The Kier molecular flexibility index (Phi) is 6.06. The summed E-state index contributed by atoms with van der Waals surface area (Å²) in [5.41, 5.74) is 1.97. The highest BCUT2D eigenvalue weighted by Gasteiger charge is 2.25. The lowest BCUT2D eigenvalue weighted by Gasteiger charge is -2.24. The molecule has 0 unspecified atom stereocenters. The van der Waals surface area contributed by atoms with Gasteiger partial charge in [0, 0.05) is 30.1 Å². The van der Waals surface area contributed by atoms with Gasteiger partial charge < -0.3 is 18.8 Å². The number of nitrogens with zero attached hydrogens (tertiary/aromatic N) is 1. The summed E-state index contributed by atoms with van der Waals surface area (Å²) in [5, 5.41) is 0.911. The van der Waals surface area contributed by atoms with E-state index >= 15 is 0 Å². The Labute approximate surface area is 174 Å². The molecule has 0 radical (unpaired) electrons. The topological polar surface area (TPSA) is 86.0 Å². The number of esters is 1. The zero-order chi connectivity index (χ0) is 21.1. The highest BCUT2D eigenvalue weighted by molar-refractivity contribution is 5.84. The van der Waals surface area contributed by atoms with Crippen LogP contribution >= 0.6 is 0 Å². The standard InChI is InChI=1S/C23H27NO6/c1-15(22(26)24-11-4-2-3-5-12-24)29-21(25)14-28-16-9-10-18-17-7-6-8-19(17)23(27)30-20(18)13-16/h9-10,13,15H,2-8,11-12,14H2,1H3/t15-/m1/s1. The first-order valence-electron chi connectivity index (χ1n) is 10.7. The number of carbonyl (C=O) groups excluding carboxylic acids is 2. The molecular formula is C23H27NO6. The highest BCUT2D eigenvalue weighted by Crippen LogP contribution is 2.29. The molecule has 1 fully saturated rings. The van der Waals surface area contributed by atoms with Gasteiger partial charge in [-0.05, 0) is 56.7 Å². The van der Waals surface area contributed by atoms with E-state index in [1.165, 1.54) is 0 Å². The molecule has 4 rings (SSSR count). The molecule has 0 bridgehead atoms. The lowest BCUT2D eigenvalue weighted by molar-refractivity contribution is -0.160. The first-order chi connectivity index (χ1) is 14.5. The minimum Gasteiger partial charge on any atom is -0.482 e. The summed E-state index contributed by atoms with van der Waals surface area (Å²) in [4.78, 5) is 38.6.